The van der Waals surface area contributed by atoms with E-state index in [2.05, 4.69) is 31.0 Å². The van der Waals surface area contributed by atoms with Crippen LogP contribution in [0.3, 0.4) is 0 Å². The highest BCUT2D eigenvalue weighted by Gasteiger charge is 2.10. The quantitative estimate of drug-likeness (QED) is 0.795. The van der Waals surface area contributed by atoms with Gasteiger partial charge in [-0.05, 0) is 37.6 Å². The van der Waals surface area contributed by atoms with Crippen LogP contribution in [0.1, 0.15) is 27.2 Å². The minimum atomic E-state index is 0.0175. The molecule has 20 heavy (non-hydrogen) atoms. The van der Waals surface area contributed by atoms with Gasteiger partial charge in [0.05, 0.1) is 13.7 Å². The predicted molar refractivity (Wildman–Crippen MR) is 83.2 cm³/mol. The Morgan fingerprint density at radius 1 is 1.40 bits per heavy atom. The highest BCUT2D eigenvalue weighted by Crippen LogP contribution is 2.16. The number of nitrogens with zero attached hydrogens (tertiary/aromatic N) is 1. The smallest absolute Gasteiger partial charge is 0.238 e. The second kappa shape index (κ2) is 8.59. The van der Waals surface area contributed by atoms with Crippen LogP contribution in [0.2, 0.25) is 0 Å². The van der Waals surface area contributed by atoms with Crippen LogP contribution in [0.15, 0.2) is 24.3 Å². The lowest BCUT2D eigenvalue weighted by Crippen LogP contribution is -2.34. The van der Waals surface area contributed by atoms with Crippen molar-refractivity contribution in [3.8, 4) is 5.75 Å². The van der Waals surface area contributed by atoms with Gasteiger partial charge in [-0.3, -0.25) is 9.69 Å². The van der Waals surface area contributed by atoms with Crippen LogP contribution in [0.25, 0.3) is 0 Å². The number of rotatable bonds is 8. The molecule has 0 saturated heterocycles. The zero-order valence-electron chi connectivity index (χ0n) is 13.0. The number of nitrogens with one attached hydrogen (secondary N) is 1. The van der Waals surface area contributed by atoms with Crippen LogP contribution in [-0.2, 0) is 4.79 Å². The summed E-state index contributed by atoms with van der Waals surface area (Å²) in [5, 5.41) is 2.91. The summed E-state index contributed by atoms with van der Waals surface area (Å²) in [6.07, 6.45) is 1.11. The molecule has 1 aromatic carbocycles. The second-order valence-corrected chi connectivity index (χ2v) is 5.33. The lowest BCUT2D eigenvalue weighted by molar-refractivity contribution is -0.117. The standard InChI is InChI=1S/C16H26N2O2/c1-5-18(10-9-13(2)3)12-16(19)17-14-7-6-8-15(11-14)20-4/h6-8,11,13H,5,9-10,12H2,1-4H3,(H,17,19). The number of carbonyl (C=O) groups is 1. The molecule has 0 aliphatic carbocycles. The van der Waals surface area contributed by atoms with Gasteiger partial charge in [0.2, 0.25) is 5.91 Å². The number of benzene rings is 1. The topological polar surface area (TPSA) is 41.6 Å². The number of anilines is 1. The average molecular weight is 278 g/mol. The highest BCUT2D eigenvalue weighted by molar-refractivity contribution is 5.92. The molecule has 4 heteroatoms. The van der Waals surface area contributed by atoms with Gasteiger partial charge in [0.1, 0.15) is 5.75 Å². The van der Waals surface area contributed by atoms with E-state index in [0.29, 0.717) is 12.5 Å². The van der Waals surface area contributed by atoms with E-state index >= 15 is 0 Å². The molecule has 0 radical (unpaired) electrons. The van der Waals surface area contributed by atoms with Crippen molar-refractivity contribution in [2.75, 3.05) is 32.1 Å². The molecule has 112 valence electrons. The predicted octanol–water partition coefficient (Wildman–Crippen LogP) is 3.00. The van der Waals surface area contributed by atoms with E-state index in [0.717, 1.165) is 30.9 Å². The molecule has 0 unspecified atom stereocenters. The second-order valence-electron chi connectivity index (χ2n) is 5.33. The number of likely N-dealkylation sites (N-methyl/N-ethyl adjacent to an activating group) is 1. The molecule has 1 amide bonds. The number of hydrogen-bond acceptors (Lipinski definition) is 3. The third-order valence-electron chi connectivity index (χ3n) is 3.19. The van der Waals surface area contributed by atoms with Crippen molar-refractivity contribution in [2.45, 2.75) is 27.2 Å². The summed E-state index contributed by atoms with van der Waals surface area (Å²) in [5.41, 5.74) is 0.772. The summed E-state index contributed by atoms with van der Waals surface area (Å²) in [5.74, 6) is 1.42. The zero-order chi connectivity index (χ0) is 15.0. The Kier molecular flexibility index (Phi) is 7.09. The molecule has 0 atom stereocenters. The molecular weight excluding hydrogens is 252 g/mol. The van der Waals surface area contributed by atoms with E-state index in [4.69, 9.17) is 4.74 Å². The van der Waals surface area contributed by atoms with Crippen LogP contribution in [-0.4, -0.2) is 37.6 Å². The molecule has 0 aromatic heterocycles. The summed E-state index contributed by atoms with van der Waals surface area (Å²) < 4.78 is 5.14. The number of amides is 1. The van der Waals surface area contributed by atoms with Gasteiger partial charge in [-0.25, -0.2) is 0 Å². The molecule has 4 nitrogen and oxygen atoms in total. The first-order valence-electron chi connectivity index (χ1n) is 7.21. The summed E-state index contributed by atoms with van der Waals surface area (Å²) >= 11 is 0. The molecule has 1 rings (SSSR count). The maximum Gasteiger partial charge on any atom is 0.238 e. The van der Waals surface area contributed by atoms with Crippen molar-refractivity contribution in [2.24, 2.45) is 5.92 Å². The summed E-state index contributed by atoms with van der Waals surface area (Å²) in [4.78, 5) is 14.2. The first kappa shape index (κ1) is 16.5. The molecule has 1 N–H and O–H groups in total. The zero-order valence-corrected chi connectivity index (χ0v) is 13.0. The van der Waals surface area contributed by atoms with Gasteiger partial charge in [0, 0.05) is 11.8 Å². The van der Waals surface area contributed by atoms with Gasteiger partial charge >= 0.3 is 0 Å². The van der Waals surface area contributed by atoms with Gasteiger partial charge in [-0.1, -0.05) is 26.8 Å². The van der Waals surface area contributed by atoms with Gasteiger partial charge in [-0.2, -0.15) is 0 Å². The van der Waals surface area contributed by atoms with Crippen LogP contribution < -0.4 is 10.1 Å². The minimum Gasteiger partial charge on any atom is -0.497 e. The normalized spacial score (nSPS) is 10.9. The van der Waals surface area contributed by atoms with E-state index in [1.54, 1.807) is 7.11 Å². The van der Waals surface area contributed by atoms with Crippen molar-refractivity contribution in [3.63, 3.8) is 0 Å². The average Bonchev–Trinajstić information content (AvgIpc) is 2.43. The van der Waals surface area contributed by atoms with Gasteiger partial charge in [0.15, 0.2) is 0 Å². The Bertz CT molecular complexity index is 419. The SMILES string of the molecule is CCN(CCC(C)C)CC(=O)Nc1cccc(OC)c1. The third-order valence-corrected chi connectivity index (χ3v) is 3.19. The Hall–Kier alpha value is -1.55. The number of methoxy groups -OCH3 is 1. The van der Waals surface area contributed by atoms with E-state index in [9.17, 15) is 4.79 Å². The first-order chi connectivity index (χ1) is 9.55. The van der Waals surface area contributed by atoms with Crippen LogP contribution in [0.5, 0.6) is 5.75 Å². The molecule has 0 aliphatic heterocycles. The van der Waals surface area contributed by atoms with Gasteiger partial charge < -0.3 is 10.1 Å². The molecule has 0 heterocycles. The Balaban J connectivity index is 2.48. The fourth-order valence-corrected chi connectivity index (χ4v) is 1.89. The molecule has 0 spiro atoms. The number of carbonyl (C=O) groups excluding carboxylic acids is 1. The van der Waals surface area contributed by atoms with Crippen molar-refractivity contribution in [1.82, 2.24) is 4.90 Å². The van der Waals surface area contributed by atoms with Crippen LogP contribution in [0.4, 0.5) is 5.69 Å². The molecule has 0 bridgehead atoms. The Morgan fingerprint density at radius 3 is 2.75 bits per heavy atom. The monoisotopic (exact) mass is 278 g/mol. The molecule has 0 aliphatic rings. The summed E-state index contributed by atoms with van der Waals surface area (Å²) in [6.45, 7) is 8.76. The fourth-order valence-electron chi connectivity index (χ4n) is 1.89. The van der Waals surface area contributed by atoms with Crippen molar-refractivity contribution in [3.05, 3.63) is 24.3 Å². The Morgan fingerprint density at radius 2 is 2.15 bits per heavy atom. The molecular formula is C16H26N2O2. The van der Waals surface area contributed by atoms with E-state index < -0.39 is 0 Å². The van der Waals surface area contributed by atoms with Gasteiger partial charge in [-0.15, -0.1) is 0 Å². The van der Waals surface area contributed by atoms with Crippen molar-refractivity contribution >= 4 is 11.6 Å². The maximum absolute atomic E-state index is 12.0. The minimum absolute atomic E-state index is 0.0175. The number of ether oxygens (including phenoxy) is 1. The van der Waals surface area contributed by atoms with Crippen LogP contribution in [0, 0.1) is 5.92 Å². The maximum atomic E-state index is 12.0. The van der Waals surface area contributed by atoms with E-state index in [1.165, 1.54) is 0 Å². The van der Waals surface area contributed by atoms with Crippen molar-refractivity contribution < 1.29 is 9.53 Å². The Labute approximate surface area is 122 Å². The molecule has 0 saturated carbocycles. The highest BCUT2D eigenvalue weighted by atomic mass is 16.5. The summed E-state index contributed by atoms with van der Waals surface area (Å²) in [7, 11) is 1.62. The fraction of sp³-hybridized carbons (Fsp3) is 0.562. The first-order valence-corrected chi connectivity index (χ1v) is 7.21. The summed E-state index contributed by atoms with van der Waals surface area (Å²) in [6, 6.07) is 7.41. The lowest BCUT2D eigenvalue weighted by Gasteiger charge is -2.20. The molecule has 1 aromatic rings. The molecule has 0 fully saturated rings. The third kappa shape index (κ3) is 6.06. The largest absolute Gasteiger partial charge is 0.497 e. The van der Waals surface area contributed by atoms with Crippen LogP contribution >= 0.6 is 0 Å². The van der Waals surface area contributed by atoms with E-state index in [-0.39, 0.29) is 5.91 Å². The van der Waals surface area contributed by atoms with E-state index in [1.807, 2.05) is 24.3 Å². The number of hydrogen-bond donors (Lipinski definition) is 1. The van der Waals surface area contributed by atoms with Crippen molar-refractivity contribution in [1.29, 1.82) is 0 Å². The van der Waals surface area contributed by atoms with Gasteiger partial charge in [0.25, 0.3) is 0 Å². The lowest BCUT2D eigenvalue weighted by atomic mass is 10.1.